The molecule has 4 nitrogen and oxygen atoms in total. The van der Waals surface area contributed by atoms with Gasteiger partial charge in [0.1, 0.15) is 0 Å². The van der Waals surface area contributed by atoms with E-state index in [-0.39, 0.29) is 18.1 Å². The molecule has 4 heteroatoms. The van der Waals surface area contributed by atoms with Crippen molar-refractivity contribution in [3.8, 4) is 0 Å². The third kappa shape index (κ3) is 3.63. The lowest BCUT2D eigenvalue weighted by atomic mass is 9.93. The van der Waals surface area contributed by atoms with E-state index < -0.39 is 0 Å². The van der Waals surface area contributed by atoms with Crippen LogP contribution in [0.2, 0.25) is 0 Å². The molecule has 1 aromatic rings. The average Bonchev–Trinajstić information content (AvgIpc) is 2.85. The molecule has 1 aromatic heterocycles. The summed E-state index contributed by atoms with van der Waals surface area (Å²) in [5.74, 6) is 0.0570. The van der Waals surface area contributed by atoms with E-state index in [0.717, 1.165) is 36.9 Å². The van der Waals surface area contributed by atoms with Crippen molar-refractivity contribution in [3.05, 3.63) is 23.0 Å². The van der Waals surface area contributed by atoms with Gasteiger partial charge in [0.05, 0.1) is 11.7 Å². The third-order valence-electron chi connectivity index (χ3n) is 5.70. The molecule has 2 N–H and O–H groups in total. The number of aliphatic hydroxyl groups is 1. The second-order valence-electron chi connectivity index (χ2n) is 7.43. The summed E-state index contributed by atoms with van der Waals surface area (Å²) in [6.45, 7) is 4.20. The van der Waals surface area contributed by atoms with E-state index in [1.54, 1.807) is 0 Å². The highest BCUT2D eigenvalue weighted by Crippen LogP contribution is 2.32. The van der Waals surface area contributed by atoms with Crippen LogP contribution in [0.1, 0.15) is 85.6 Å². The van der Waals surface area contributed by atoms with Crippen LogP contribution in [-0.2, 0) is 0 Å². The Hall–Kier alpha value is -1.29. The summed E-state index contributed by atoms with van der Waals surface area (Å²) in [7, 11) is 0. The van der Waals surface area contributed by atoms with Gasteiger partial charge in [-0.3, -0.25) is 4.79 Å². The first kappa shape index (κ1) is 16.6. The summed E-state index contributed by atoms with van der Waals surface area (Å²) < 4.78 is 2.39. The first-order valence-corrected chi connectivity index (χ1v) is 9.23. The number of hydrogen-bond acceptors (Lipinski definition) is 2. The standard InChI is InChI=1S/C19H30N2O2/c1-13-12-18(14(2)21(13)16-6-4-3-5-7-16)19(23)20-15-8-10-17(22)11-9-15/h12,15-17,22H,3-11H2,1-2H3,(H,20,23). The minimum atomic E-state index is -0.181. The zero-order valence-corrected chi connectivity index (χ0v) is 14.5. The van der Waals surface area contributed by atoms with Crippen LogP contribution in [0, 0.1) is 13.8 Å². The van der Waals surface area contributed by atoms with Crippen LogP contribution in [-0.4, -0.2) is 27.7 Å². The molecule has 0 radical (unpaired) electrons. The highest BCUT2D eigenvalue weighted by molar-refractivity contribution is 5.95. The number of rotatable bonds is 3. The summed E-state index contributed by atoms with van der Waals surface area (Å²) in [4.78, 5) is 12.7. The van der Waals surface area contributed by atoms with Crippen molar-refractivity contribution < 1.29 is 9.90 Å². The van der Waals surface area contributed by atoms with Crippen LogP contribution < -0.4 is 5.32 Å². The third-order valence-corrected chi connectivity index (χ3v) is 5.70. The maximum absolute atomic E-state index is 12.7. The van der Waals surface area contributed by atoms with Crippen molar-refractivity contribution >= 4 is 5.91 Å². The number of carbonyl (C=O) groups excluding carboxylic acids is 1. The van der Waals surface area contributed by atoms with Gasteiger partial charge in [-0.2, -0.15) is 0 Å². The van der Waals surface area contributed by atoms with Gasteiger partial charge in [-0.25, -0.2) is 0 Å². The van der Waals surface area contributed by atoms with Gasteiger partial charge in [0.15, 0.2) is 0 Å². The zero-order chi connectivity index (χ0) is 16.4. The summed E-state index contributed by atoms with van der Waals surface area (Å²) >= 11 is 0. The van der Waals surface area contributed by atoms with Crippen molar-refractivity contribution in [3.63, 3.8) is 0 Å². The van der Waals surface area contributed by atoms with Crippen molar-refractivity contribution in [1.29, 1.82) is 0 Å². The second-order valence-corrected chi connectivity index (χ2v) is 7.43. The summed E-state index contributed by atoms with van der Waals surface area (Å²) in [5, 5.41) is 12.8. The lowest BCUT2D eigenvalue weighted by molar-refractivity contribution is 0.0867. The fraction of sp³-hybridized carbons (Fsp3) is 0.737. The van der Waals surface area contributed by atoms with Crippen molar-refractivity contribution in [1.82, 2.24) is 9.88 Å². The summed E-state index contributed by atoms with van der Waals surface area (Å²) in [5.41, 5.74) is 3.15. The monoisotopic (exact) mass is 318 g/mol. The Labute approximate surface area is 139 Å². The Kier molecular flexibility index (Phi) is 5.10. The number of hydrogen-bond donors (Lipinski definition) is 2. The maximum Gasteiger partial charge on any atom is 0.253 e. The van der Waals surface area contributed by atoms with E-state index in [4.69, 9.17) is 0 Å². The first-order chi connectivity index (χ1) is 11.1. The Morgan fingerprint density at radius 3 is 2.39 bits per heavy atom. The smallest absolute Gasteiger partial charge is 0.253 e. The van der Waals surface area contributed by atoms with Gasteiger partial charge in [-0.1, -0.05) is 19.3 Å². The normalized spacial score (nSPS) is 26.2. The molecule has 0 aliphatic heterocycles. The van der Waals surface area contributed by atoms with Crippen LogP contribution in [0.3, 0.4) is 0 Å². The second kappa shape index (κ2) is 7.08. The summed E-state index contributed by atoms with van der Waals surface area (Å²) in [6.07, 6.45) is 9.59. The quantitative estimate of drug-likeness (QED) is 0.894. The maximum atomic E-state index is 12.7. The highest BCUT2D eigenvalue weighted by atomic mass is 16.3. The predicted molar refractivity (Wildman–Crippen MR) is 91.8 cm³/mol. The average molecular weight is 318 g/mol. The number of aliphatic hydroxyl groups excluding tert-OH is 1. The van der Waals surface area contributed by atoms with Gasteiger partial charge in [0, 0.05) is 23.5 Å². The summed E-state index contributed by atoms with van der Waals surface area (Å²) in [6, 6.07) is 2.83. The van der Waals surface area contributed by atoms with Gasteiger partial charge in [0.2, 0.25) is 0 Å². The fourth-order valence-electron chi connectivity index (χ4n) is 4.39. The van der Waals surface area contributed by atoms with Crippen LogP contribution in [0.15, 0.2) is 6.07 Å². The van der Waals surface area contributed by atoms with Gasteiger partial charge in [0.25, 0.3) is 5.91 Å². The molecule has 1 amide bonds. The van der Waals surface area contributed by atoms with Crippen LogP contribution >= 0.6 is 0 Å². The molecule has 2 aliphatic rings. The van der Waals surface area contributed by atoms with E-state index in [9.17, 15) is 9.90 Å². The molecule has 0 saturated heterocycles. The fourth-order valence-corrected chi connectivity index (χ4v) is 4.39. The van der Waals surface area contributed by atoms with Crippen molar-refractivity contribution in [2.45, 2.75) is 89.8 Å². The van der Waals surface area contributed by atoms with Crippen molar-refractivity contribution in [2.75, 3.05) is 0 Å². The molecule has 1 heterocycles. The lowest BCUT2D eigenvalue weighted by Gasteiger charge is -2.27. The Morgan fingerprint density at radius 1 is 1.09 bits per heavy atom. The molecule has 0 unspecified atom stereocenters. The molecule has 23 heavy (non-hydrogen) atoms. The molecule has 2 fully saturated rings. The molecule has 0 spiro atoms. The van der Waals surface area contributed by atoms with Gasteiger partial charge in [-0.05, 0) is 58.4 Å². The van der Waals surface area contributed by atoms with E-state index in [0.29, 0.717) is 6.04 Å². The largest absolute Gasteiger partial charge is 0.393 e. The number of aromatic nitrogens is 1. The van der Waals surface area contributed by atoms with Gasteiger partial charge in [-0.15, -0.1) is 0 Å². The molecule has 2 aliphatic carbocycles. The highest BCUT2D eigenvalue weighted by Gasteiger charge is 2.25. The van der Waals surface area contributed by atoms with E-state index >= 15 is 0 Å². The number of amides is 1. The Bertz CT molecular complexity index is 550. The molecule has 0 atom stereocenters. The number of nitrogens with zero attached hydrogens (tertiary/aromatic N) is 1. The van der Waals surface area contributed by atoms with Crippen LogP contribution in [0.5, 0.6) is 0 Å². The molecule has 3 rings (SSSR count). The van der Waals surface area contributed by atoms with Crippen molar-refractivity contribution in [2.24, 2.45) is 0 Å². The number of carbonyl (C=O) groups is 1. The lowest BCUT2D eigenvalue weighted by Crippen LogP contribution is -2.38. The predicted octanol–water partition coefficient (Wildman–Crippen LogP) is 3.64. The van der Waals surface area contributed by atoms with Gasteiger partial charge < -0.3 is 15.0 Å². The number of aryl methyl sites for hydroxylation is 1. The topological polar surface area (TPSA) is 54.3 Å². The minimum Gasteiger partial charge on any atom is -0.393 e. The number of nitrogens with one attached hydrogen (secondary N) is 1. The molecule has 0 aromatic carbocycles. The van der Waals surface area contributed by atoms with Crippen LogP contribution in [0.4, 0.5) is 0 Å². The minimum absolute atomic E-state index is 0.0570. The first-order valence-electron chi connectivity index (χ1n) is 9.23. The zero-order valence-electron chi connectivity index (χ0n) is 14.5. The molecule has 0 bridgehead atoms. The van der Waals surface area contributed by atoms with Crippen LogP contribution in [0.25, 0.3) is 0 Å². The molecular formula is C19H30N2O2. The van der Waals surface area contributed by atoms with E-state index in [1.807, 2.05) is 0 Å². The Morgan fingerprint density at radius 2 is 1.74 bits per heavy atom. The Balaban J connectivity index is 1.71. The SMILES string of the molecule is Cc1cc(C(=O)NC2CCC(O)CC2)c(C)n1C1CCCCC1. The van der Waals surface area contributed by atoms with Gasteiger partial charge >= 0.3 is 0 Å². The molecule has 2 saturated carbocycles. The molecule has 128 valence electrons. The van der Waals surface area contributed by atoms with E-state index in [1.165, 1.54) is 37.8 Å². The molecular weight excluding hydrogens is 288 g/mol. The van der Waals surface area contributed by atoms with E-state index in [2.05, 4.69) is 29.8 Å².